The van der Waals surface area contributed by atoms with Crippen molar-refractivity contribution < 1.29 is 27.5 Å². The topological polar surface area (TPSA) is 47.9 Å². The molecule has 1 aliphatic heterocycles. The molecule has 2 atom stereocenters. The standard InChI is InChI=1S/C10H12F3NO3/c1-6-7-3-2-4-9(7,17-14-6)8(15)16-5-10(11,12)13/h7H,2-5H2,1H3. The molecule has 0 spiro atoms. The van der Waals surface area contributed by atoms with Gasteiger partial charge in [0.15, 0.2) is 6.61 Å². The number of alkyl halides is 3. The van der Waals surface area contributed by atoms with Gasteiger partial charge in [-0.15, -0.1) is 0 Å². The van der Waals surface area contributed by atoms with Gasteiger partial charge in [-0.3, -0.25) is 0 Å². The van der Waals surface area contributed by atoms with E-state index in [0.717, 1.165) is 6.42 Å². The van der Waals surface area contributed by atoms with Crippen molar-refractivity contribution in [2.24, 2.45) is 11.1 Å². The van der Waals surface area contributed by atoms with Crippen LogP contribution in [0.1, 0.15) is 26.2 Å². The van der Waals surface area contributed by atoms with Gasteiger partial charge in [-0.05, 0) is 19.8 Å². The van der Waals surface area contributed by atoms with Crippen LogP contribution < -0.4 is 0 Å². The van der Waals surface area contributed by atoms with Crippen molar-refractivity contribution in [1.82, 2.24) is 0 Å². The minimum Gasteiger partial charge on any atom is -0.453 e. The van der Waals surface area contributed by atoms with Crippen LogP contribution in [0.3, 0.4) is 0 Å². The van der Waals surface area contributed by atoms with Crippen LogP contribution >= 0.6 is 0 Å². The number of nitrogens with zero attached hydrogens (tertiary/aromatic N) is 1. The molecular formula is C10H12F3NO3. The Morgan fingerprint density at radius 2 is 2.35 bits per heavy atom. The van der Waals surface area contributed by atoms with Gasteiger partial charge in [-0.2, -0.15) is 13.2 Å². The van der Waals surface area contributed by atoms with Crippen LogP contribution in [0.2, 0.25) is 0 Å². The predicted octanol–water partition coefficient (Wildman–Crippen LogP) is 2.04. The van der Waals surface area contributed by atoms with Crippen LogP contribution in [0, 0.1) is 5.92 Å². The van der Waals surface area contributed by atoms with E-state index in [2.05, 4.69) is 9.89 Å². The van der Waals surface area contributed by atoms with Crippen molar-refractivity contribution in [3.63, 3.8) is 0 Å². The molecule has 7 heteroatoms. The molecule has 1 fully saturated rings. The molecule has 1 heterocycles. The Morgan fingerprint density at radius 3 is 3.00 bits per heavy atom. The first-order valence-electron chi connectivity index (χ1n) is 5.32. The minimum atomic E-state index is -4.52. The number of oxime groups is 1. The van der Waals surface area contributed by atoms with E-state index in [-0.39, 0.29) is 5.92 Å². The highest BCUT2D eigenvalue weighted by Gasteiger charge is 2.58. The number of esters is 1. The van der Waals surface area contributed by atoms with Crippen LogP contribution in [0.5, 0.6) is 0 Å². The zero-order valence-corrected chi connectivity index (χ0v) is 9.21. The van der Waals surface area contributed by atoms with Crippen LogP contribution in [0.4, 0.5) is 13.2 Å². The molecule has 2 rings (SSSR count). The molecule has 2 aliphatic rings. The Hall–Kier alpha value is -1.27. The largest absolute Gasteiger partial charge is 0.453 e. The highest BCUT2D eigenvalue weighted by molar-refractivity contribution is 5.95. The zero-order valence-electron chi connectivity index (χ0n) is 9.21. The Kier molecular flexibility index (Phi) is 2.79. The average molecular weight is 251 g/mol. The normalized spacial score (nSPS) is 31.8. The quantitative estimate of drug-likeness (QED) is 0.705. The van der Waals surface area contributed by atoms with Crippen LogP contribution in [0.25, 0.3) is 0 Å². The van der Waals surface area contributed by atoms with Gasteiger partial charge in [0, 0.05) is 6.42 Å². The summed E-state index contributed by atoms with van der Waals surface area (Å²) in [6, 6.07) is 0. The zero-order chi connectivity index (χ0) is 12.7. The first-order valence-corrected chi connectivity index (χ1v) is 5.32. The summed E-state index contributed by atoms with van der Waals surface area (Å²) in [7, 11) is 0. The molecule has 1 saturated carbocycles. The van der Waals surface area contributed by atoms with Crippen LogP contribution in [-0.2, 0) is 14.4 Å². The van der Waals surface area contributed by atoms with E-state index in [9.17, 15) is 18.0 Å². The second-order valence-electron chi connectivity index (χ2n) is 4.35. The molecular weight excluding hydrogens is 239 g/mol. The monoisotopic (exact) mass is 251 g/mol. The van der Waals surface area contributed by atoms with Crippen molar-refractivity contribution in [2.45, 2.75) is 38.0 Å². The molecule has 4 nitrogen and oxygen atoms in total. The van der Waals surface area contributed by atoms with Gasteiger partial charge in [0.05, 0.1) is 11.6 Å². The highest BCUT2D eigenvalue weighted by atomic mass is 19.4. The van der Waals surface area contributed by atoms with Crippen molar-refractivity contribution in [1.29, 1.82) is 0 Å². The number of hydrogen-bond donors (Lipinski definition) is 0. The fourth-order valence-corrected chi connectivity index (χ4v) is 2.40. The molecule has 0 N–H and O–H groups in total. The van der Waals surface area contributed by atoms with Gasteiger partial charge >= 0.3 is 12.1 Å². The van der Waals surface area contributed by atoms with E-state index < -0.39 is 24.4 Å². The number of carbonyl (C=O) groups is 1. The molecule has 17 heavy (non-hydrogen) atoms. The van der Waals surface area contributed by atoms with E-state index in [0.29, 0.717) is 18.6 Å². The van der Waals surface area contributed by atoms with Gasteiger partial charge in [-0.1, -0.05) is 5.16 Å². The number of rotatable bonds is 2. The van der Waals surface area contributed by atoms with Crippen molar-refractivity contribution in [3.8, 4) is 0 Å². The summed E-state index contributed by atoms with van der Waals surface area (Å²) in [6.45, 7) is 0.123. The Morgan fingerprint density at radius 1 is 1.65 bits per heavy atom. The number of fused-ring (bicyclic) bond motifs is 1. The molecule has 0 aromatic carbocycles. The third-order valence-electron chi connectivity index (χ3n) is 3.17. The van der Waals surface area contributed by atoms with Crippen molar-refractivity contribution >= 4 is 11.7 Å². The third kappa shape index (κ3) is 2.10. The predicted molar refractivity (Wildman–Crippen MR) is 51.3 cm³/mol. The van der Waals surface area contributed by atoms with Crippen LogP contribution in [0.15, 0.2) is 5.16 Å². The van der Waals surface area contributed by atoms with Gasteiger partial charge in [0.2, 0.25) is 5.60 Å². The second-order valence-corrected chi connectivity index (χ2v) is 4.35. The summed E-state index contributed by atoms with van der Waals surface area (Å²) in [6.07, 6.45) is -2.75. The minimum absolute atomic E-state index is 0.247. The lowest BCUT2D eigenvalue weighted by Crippen LogP contribution is -2.44. The molecule has 0 aromatic rings. The average Bonchev–Trinajstić information content (AvgIpc) is 2.76. The fraction of sp³-hybridized carbons (Fsp3) is 0.800. The summed E-state index contributed by atoms with van der Waals surface area (Å²) >= 11 is 0. The SMILES string of the molecule is CC1=NOC2(C(=O)OCC(F)(F)F)CCCC12. The van der Waals surface area contributed by atoms with Crippen LogP contribution in [-0.4, -0.2) is 30.1 Å². The molecule has 0 bridgehead atoms. The van der Waals surface area contributed by atoms with Gasteiger partial charge in [0.1, 0.15) is 0 Å². The van der Waals surface area contributed by atoms with E-state index in [4.69, 9.17) is 4.84 Å². The Balaban J connectivity index is 2.04. The van der Waals surface area contributed by atoms with E-state index in [1.165, 1.54) is 0 Å². The summed E-state index contributed by atoms with van der Waals surface area (Å²) in [5, 5.41) is 3.69. The summed E-state index contributed by atoms with van der Waals surface area (Å²) in [5.74, 6) is -1.21. The van der Waals surface area contributed by atoms with E-state index in [1.54, 1.807) is 6.92 Å². The summed E-state index contributed by atoms with van der Waals surface area (Å²) in [4.78, 5) is 16.8. The fourth-order valence-electron chi connectivity index (χ4n) is 2.40. The van der Waals surface area contributed by atoms with Gasteiger partial charge in [-0.25, -0.2) is 4.79 Å². The molecule has 0 aromatic heterocycles. The number of hydrogen-bond acceptors (Lipinski definition) is 4. The molecule has 96 valence electrons. The lowest BCUT2D eigenvalue weighted by atomic mass is 9.88. The van der Waals surface area contributed by atoms with Gasteiger partial charge < -0.3 is 9.57 Å². The lowest BCUT2D eigenvalue weighted by Gasteiger charge is -2.24. The molecule has 0 saturated heterocycles. The number of carbonyl (C=O) groups excluding carboxylic acids is 1. The van der Waals surface area contributed by atoms with E-state index >= 15 is 0 Å². The molecule has 0 radical (unpaired) electrons. The second kappa shape index (κ2) is 3.89. The highest BCUT2D eigenvalue weighted by Crippen LogP contribution is 2.44. The third-order valence-corrected chi connectivity index (χ3v) is 3.17. The first-order chi connectivity index (χ1) is 7.85. The Labute approximate surface area is 95.7 Å². The first kappa shape index (κ1) is 12.2. The molecule has 2 unspecified atom stereocenters. The molecule has 1 aliphatic carbocycles. The number of halogens is 3. The smallest absolute Gasteiger partial charge is 0.422 e. The maximum absolute atomic E-state index is 12.0. The maximum Gasteiger partial charge on any atom is 0.422 e. The number of ether oxygens (including phenoxy) is 1. The van der Waals surface area contributed by atoms with Crippen molar-refractivity contribution in [2.75, 3.05) is 6.61 Å². The van der Waals surface area contributed by atoms with Crippen molar-refractivity contribution in [3.05, 3.63) is 0 Å². The van der Waals surface area contributed by atoms with Gasteiger partial charge in [0.25, 0.3) is 0 Å². The summed E-state index contributed by atoms with van der Waals surface area (Å²) < 4.78 is 40.2. The lowest BCUT2D eigenvalue weighted by molar-refractivity contribution is -0.202. The Bertz CT molecular complexity index is 366. The van der Waals surface area contributed by atoms with E-state index in [1.807, 2.05) is 0 Å². The molecule has 0 amide bonds. The maximum atomic E-state index is 12.0. The summed E-state index contributed by atoms with van der Waals surface area (Å²) in [5.41, 5.74) is -0.665.